The van der Waals surface area contributed by atoms with Crippen LogP contribution in [0.25, 0.3) is 0 Å². The lowest BCUT2D eigenvalue weighted by atomic mass is 9.84. The number of esters is 2. The Kier molecular flexibility index (Phi) is 34.0. The maximum atomic E-state index is 13.8. The molecule has 0 amide bonds. The first-order chi connectivity index (χ1) is 34.3. The Hall–Kier alpha value is -2.45. The molecule has 2 aliphatic rings. The summed E-state index contributed by atoms with van der Waals surface area (Å²) in [5, 5.41) is 68.3. The minimum atomic E-state index is -5.79. The van der Waals surface area contributed by atoms with Crippen molar-refractivity contribution in [3.8, 4) is 0 Å². The van der Waals surface area contributed by atoms with Gasteiger partial charge in [0.15, 0.2) is 6.10 Å². The van der Waals surface area contributed by atoms with Crippen molar-refractivity contribution in [2.45, 2.75) is 229 Å². The summed E-state index contributed by atoms with van der Waals surface area (Å²) in [7, 11) is -11.5. The number of ether oxygens (including phenoxy) is 2. The molecule has 2 bridgehead atoms. The number of carbonyl (C=O) groups is 3. The highest BCUT2D eigenvalue weighted by atomic mass is 31.2. The Morgan fingerprint density at radius 2 is 1.42 bits per heavy atom. The SMILES string of the molecule is CCCCC/C=C\C/C=C\CCCCCCCCCCCC(=O)O[C@@H]1COC(=O)CCC/C=C\C[C@H]2C(=O)C[C@@H](O)[C@H](/C=C/[C@@H](O)CCCCC)[C@@H](O)[C@@H](OP(=O)(O)O)[C@@H](OP(=O)(O)OC1)[C@H](O)[C@@H](O)[C@@H]2O. The van der Waals surface area contributed by atoms with Crippen LogP contribution in [-0.4, -0.2) is 131 Å². The van der Waals surface area contributed by atoms with Gasteiger partial charge in [-0.3, -0.25) is 28.0 Å². The molecule has 0 spiro atoms. The lowest BCUT2D eigenvalue weighted by Gasteiger charge is -2.38. The summed E-state index contributed by atoms with van der Waals surface area (Å²) in [4.78, 5) is 70.6. The van der Waals surface area contributed by atoms with Crippen molar-refractivity contribution in [3.05, 3.63) is 48.6 Å². The Labute approximate surface area is 427 Å². The first-order valence-electron chi connectivity index (χ1n) is 26.3. The Balaban J connectivity index is 2.23. The molecule has 1 heterocycles. The zero-order chi connectivity index (χ0) is 53.4. The second kappa shape index (κ2) is 37.3. The molecule has 416 valence electrons. The van der Waals surface area contributed by atoms with Crippen LogP contribution in [0.4, 0.5) is 0 Å². The smallest absolute Gasteiger partial charge is 0.462 e. The van der Waals surface area contributed by atoms with Crippen molar-refractivity contribution in [1.29, 1.82) is 0 Å². The van der Waals surface area contributed by atoms with Gasteiger partial charge < -0.3 is 54.8 Å². The van der Waals surface area contributed by atoms with Gasteiger partial charge in [0.2, 0.25) is 0 Å². The van der Waals surface area contributed by atoms with E-state index in [-0.39, 0.29) is 38.5 Å². The number of cyclic esters (lactones) is 1. The van der Waals surface area contributed by atoms with Crippen molar-refractivity contribution in [2.75, 3.05) is 13.2 Å². The van der Waals surface area contributed by atoms with Crippen LogP contribution in [0, 0.1) is 11.8 Å². The number of ketones is 1. The Morgan fingerprint density at radius 1 is 0.806 bits per heavy atom. The molecule has 0 radical (unpaired) electrons. The molecule has 21 heteroatoms. The normalized spacial score (nSPS) is 30.0. The van der Waals surface area contributed by atoms with Crippen molar-refractivity contribution in [1.82, 2.24) is 0 Å². The third-order valence-electron chi connectivity index (χ3n) is 12.7. The summed E-state index contributed by atoms with van der Waals surface area (Å²) in [5.41, 5.74) is 0. The maximum Gasteiger partial charge on any atom is 0.472 e. The van der Waals surface area contributed by atoms with Gasteiger partial charge in [-0.1, -0.05) is 140 Å². The molecular weight excluding hydrogens is 978 g/mol. The monoisotopic (exact) mass is 1070 g/mol. The number of phosphoric acid groups is 2. The third-order valence-corrected chi connectivity index (χ3v) is 14.2. The molecular formula is C51H88O19P2. The molecule has 1 fully saturated rings. The molecule has 0 saturated heterocycles. The van der Waals surface area contributed by atoms with Gasteiger partial charge in [-0.15, -0.1) is 0 Å². The van der Waals surface area contributed by atoms with Crippen LogP contribution < -0.4 is 0 Å². The Bertz CT molecular complexity index is 1730. The average Bonchev–Trinajstić information content (AvgIpc) is 3.32. The van der Waals surface area contributed by atoms with E-state index in [1.165, 1.54) is 37.8 Å². The van der Waals surface area contributed by atoms with Crippen LogP contribution in [0.5, 0.6) is 0 Å². The van der Waals surface area contributed by atoms with E-state index in [1.54, 1.807) is 6.08 Å². The van der Waals surface area contributed by atoms with Crippen LogP contribution in [0.15, 0.2) is 48.6 Å². The van der Waals surface area contributed by atoms with E-state index >= 15 is 0 Å². The molecule has 1 unspecified atom stereocenters. The number of fused-ring (bicyclic) bond motifs is 4. The number of phosphoric ester groups is 2. The van der Waals surface area contributed by atoms with Gasteiger partial charge in [0.1, 0.15) is 36.8 Å². The standard InChI is InChI=1S/C51H88O19P2/c1-3-5-7-8-9-10-11-12-13-14-15-16-17-18-19-20-21-22-28-32-45(56)68-39-36-66-44(55)31-27-24-23-26-30-40-42(53)35-43(54)41(34-33-38(52)29-25-6-4-2)47(58)50(69-71(61,62)63)51(49(60)48(59)46(40)57)70-72(64,65)67-37-39/h9-10,12-13,23,26,33-34,38-41,43,46-52,54,57-60H,3-8,11,14-22,24-25,27-32,35-37H2,1-2H3,(H,64,65)(H2,61,62,63)/b10-9-,13-12-,26-23-,34-33+/t38-,39+,40-,41-,43+,46+,47+,48-,49+,50+,51-/m0/s1. The summed E-state index contributed by atoms with van der Waals surface area (Å²) < 4.78 is 52.3. The maximum absolute atomic E-state index is 13.8. The number of carbonyl (C=O) groups excluding carboxylic acids is 3. The second-order valence-corrected chi connectivity index (χ2v) is 21.6. The molecule has 9 N–H and O–H groups in total. The van der Waals surface area contributed by atoms with Crippen LogP contribution in [0.1, 0.15) is 174 Å². The van der Waals surface area contributed by atoms with Gasteiger partial charge in [-0.2, -0.15) is 0 Å². The number of unbranched alkanes of at least 4 members (excludes halogenated alkanes) is 14. The van der Waals surface area contributed by atoms with E-state index in [9.17, 15) is 68.8 Å². The summed E-state index contributed by atoms with van der Waals surface area (Å²) in [6, 6.07) is 0. The molecule has 0 aromatic rings. The first kappa shape index (κ1) is 65.7. The van der Waals surface area contributed by atoms with Crippen molar-refractivity contribution in [2.24, 2.45) is 11.8 Å². The van der Waals surface area contributed by atoms with Crippen LogP contribution in [0.2, 0.25) is 0 Å². The molecule has 19 nitrogen and oxygen atoms in total. The highest BCUT2D eigenvalue weighted by Gasteiger charge is 2.51. The molecule has 1 aliphatic carbocycles. The molecule has 1 aliphatic heterocycles. The molecule has 12 atom stereocenters. The van der Waals surface area contributed by atoms with Gasteiger partial charge >= 0.3 is 27.6 Å². The van der Waals surface area contributed by atoms with Gasteiger partial charge in [0.05, 0.1) is 31.0 Å². The van der Waals surface area contributed by atoms with E-state index in [2.05, 4.69) is 31.2 Å². The van der Waals surface area contributed by atoms with Gasteiger partial charge in [-0.25, -0.2) is 9.13 Å². The average molecular weight is 1070 g/mol. The summed E-state index contributed by atoms with van der Waals surface area (Å²) in [6.45, 7) is 2.53. The Morgan fingerprint density at radius 3 is 2.06 bits per heavy atom. The lowest BCUT2D eigenvalue weighted by Crippen LogP contribution is -2.56. The number of allylic oxidation sites excluding steroid dienone is 6. The van der Waals surface area contributed by atoms with Crippen molar-refractivity contribution in [3.63, 3.8) is 0 Å². The first-order valence-corrected chi connectivity index (χ1v) is 29.3. The highest BCUT2D eigenvalue weighted by molar-refractivity contribution is 7.47. The number of rotatable bonds is 27. The second-order valence-electron chi connectivity index (χ2n) is 19.0. The molecule has 72 heavy (non-hydrogen) atoms. The zero-order valence-electron chi connectivity index (χ0n) is 42.6. The van der Waals surface area contributed by atoms with Gasteiger partial charge in [-0.05, 0) is 64.2 Å². The van der Waals surface area contributed by atoms with Crippen molar-refractivity contribution < 1.29 is 91.9 Å². The molecule has 0 aromatic heterocycles. The predicted octanol–water partition coefficient (Wildman–Crippen LogP) is 7.43. The van der Waals surface area contributed by atoms with E-state index in [0.29, 0.717) is 12.8 Å². The predicted molar refractivity (Wildman–Crippen MR) is 270 cm³/mol. The fourth-order valence-corrected chi connectivity index (χ4v) is 10.0. The minimum absolute atomic E-state index is 0.0409. The van der Waals surface area contributed by atoms with Crippen LogP contribution in [0.3, 0.4) is 0 Å². The number of hydrogen-bond donors (Lipinski definition) is 9. The highest BCUT2D eigenvalue weighted by Crippen LogP contribution is 2.49. The topological polar surface area (TPSA) is 314 Å². The van der Waals surface area contributed by atoms with E-state index in [1.807, 2.05) is 6.92 Å². The zero-order valence-corrected chi connectivity index (χ0v) is 44.4. The van der Waals surface area contributed by atoms with Crippen LogP contribution in [-0.2, 0) is 46.6 Å². The number of aliphatic hydroxyl groups is 6. The van der Waals surface area contributed by atoms with Gasteiger partial charge in [0.25, 0.3) is 0 Å². The summed E-state index contributed by atoms with van der Waals surface area (Å²) in [5.74, 6) is -5.69. The van der Waals surface area contributed by atoms with E-state index in [0.717, 1.165) is 83.1 Å². The fourth-order valence-electron chi connectivity index (χ4n) is 8.52. The quantitative estimate of drug-likeness (QED) is 0.0167. The van der Waals surface area contributed by atoms with E-state index < -0.39 is 120 Å². The van der Waals surface area contributed by atoms with E-state index in [4.69, 9.17) is 23.0 Å². The fraction of sp³-hybridized carbons (Fsp3) is 0.784. The minimum Gasteiger partial charge on any atom is -0.462 e. The van der Waals surface area contributed by atoms with Crippen molar-refractivity contribution >= 4 is 33.4 Å². The molecule has 2 rings (SSSR count). The molecule has 1 saturated carbocycles. The largest absolute Gasteiger partial charge is 0.472 e. The van der Waals surface area contributed by atoms with Gasteiger partial charge in [0, 0.05) is 31.1 Å². The number of Topliss-reactive ketones (excluding diaryl/α,β-unsaturated/α-hetero) is 1. The summed E-state index contributed by atoms with van der Waals surface area (Å²) >= 11 is 0. The summed E-state index contributed by atoms with van der Waals surface area (Å²) in [6.07, 6.45) is 11.8. The molecule has 0 aromatic carbocycles. The van der Waals surface area contributed by atoms with Crippen LogP contribution >= 0.6 is 15.6 Å². The third kappa shape index (κ3) is 28.4. The lowest BCUT2D eigenvalue weighted by molar-refractivity contribution is -0.164. The number of aliphatic hydroxyl groups excluding tert-OH is 6. The number of hydrogen-bond acceptors (Lipinski definition) is 16.